The molecule has 1 unspecified atom stereocenters. The summed E-state index contributed by atoms with van der Waals surface area (Å²) in [6.45, 7) is 2.59. The van der Waals surface area contributed by atoms with Crippen molar-refractivity contribution in [2.24, 2.45) is 0 Å². The molecule has 0 aliphatic carbocycles. The lowest BCUT2D eigenvalue weighted by molar-refractivity contribution is 0.445. The normalized spacial score (nSPS) is 22.7. The fourth-order valence-electron chi connectivity index (χ4n) is 1.64. The van der Waals surface area contributed by atoms with E-state index in [-0.39, 0.29) is 11.8 Å². The maximum absolute atomic E-state index is 11.2. The van der Waals surface area contributed by atoms with Gasteiger partial charge >= 0.3 is 0 Å². The fourth-order valence-corrected chi connectivity index (χ4v) is 2.91. The van der Waals surface area contributed by atoms with E-state index in [4.69, 9.17) is 4.42 Å². The number of rotatable bonds is 4. The summed E-state index contributed by atoms with van der Waals surface area (Å²) >= 11 is 0. The Bertz CT molecular complexity index is 487. The van der Waals surface area contributed by atoms with Crippen molar-refractivity contribution in [2.75, 3.05) is 5.75 Å². The largest absolute Gasteiger partial charge is 0.465 e. The van der Waals surface area contributed by atoms with Crippen LogP contribution < -0.4 is 5.32 Å². The van der Waals surface area contributed by atoms with Gasteiger partial charge in [0, 0.05) is 17.9 Å². The van der Waals surface area contributed by atoms with E-state index < -0.39 is 9.84 Å². The zero-order valence-electron chi connectivity index (χ0n) is 9.14. The minimum absolute atomic E-state index is 0.0971. The summed E-state index contributed by atoms with van der Waals surface area (Å²) in [5.74, 6) is 1.94. The van der Waals surface area contributed by atoms with Crippen LogP contribution in [-0.4, -0.2) is 20.2 Å². The van der Waals surface area contributed by atoms with Gasteiger partial charge in [0.05, 0.1) is 12.3 Å². The van der Waals surface area contributed by atoms with Gasteiger partial charge in [-0.25, -0.2) is 8.42 Å². The van der Waals surface area contributed by atoms with E-state index in [0.29, 0.717) is 6.54 Å². The molecule has 0 fully saturated rings. The average Bonchev–Trinajstić information content (AvgIpc) is 2.81. The van der Waals surface area contributed by atoms with Crippen molar-refractivity contribution in [1.82, 2.24) is 5.32 Å². The average molecular weight is 241 g/mol. The smallest absolute Gasteiger partial charge is 0.173 e. The van der Waals surface area contributed by atoms with Gasteiger partial charge in [-0.15, -0.1) is 0 Å². The molecular weight excluding hydrogens is 226 g/mol. The third-order valence-corrected chi connectivity index (χ3v) is 3.93. The highest BCUT2D eigenvalue weighted by Crippen LogP contribution is 2.11. The van der Waals surface area contributed by atoms with Crippen LogP contribution in [-0.2, 0) is 22.8 Å². The monoisotopic (exact) mass is 241 g/mol. The molecule has 0 spiro atoms. The van der Waals surface area contributed by atoms with Crippen molar-refractivity contribution >= 4 is 9.84 Å². The molecule has 0 amide bonds. The van der Waals surface area contributed by atoms with Crippen molar-refractivity contribution in [3.63, 3.8) is 0 Å². The Balaban J connectivity index is 1.87. The molecule has 0 bridgehead atoms. The Morgan fingerprint density at radius 1 is 1.44 bits per heavy atom. The highest BCUT2D eigenvalue weighted by atomic mass is 32.2. The number of sulfone groups is 1. The van der Waals surface area contributed by atoms with Gasteiger partial charge in [-0.3, -0.25) is 0 Å². The molecule has 1 aromatic heterocycles. The van der Waals surface area contributed by atoms with Crippen LogP contribution in [0.15, 0.2) is 28.0 Å². The lowest BCUT2D eigenvalue weighted by Gasteiger charge is -2.07. The molecule has 16 heavy (non-hydrogen) atoms. The van der Waals surface area contributed by atoms with Crippen molar-refractivity contribution in [2.45, 2.75) is 25.9 Å². The molecule has 1 aliphatic rings. The Morgan fingerprint density at radius 3 is 2.75 bits per heavy atom. The number of nitrogens with one attached hydrogen (secondary N) is 1. The van der Waals surface area contributed by atoms with E-state index in [1.165, 1.54) is 5.41 Å². The van der Waals surface area contributed by atoms with E-state index in [0.717, 1.165) is 17.9 Å². The summed E-state index contributed by atoms with van der Waals surface area (Å²) in [7, 11) is -2.97. The molecule has 0 radical (unpaired) electrons. The minimum atomic E-state index is -2.97. The lowest BCUT2D eigenvalue weighted by Crippen LogP contribution is -2.29. The number of hydrogen-bond acceptors (Lipinski definition) is 4. The topological polar surface area (TPSA) is 59.3 Å². The van der Waals surface area contributed by atoms with E-state index >= 15 is 0 Å². The zero-order valence-corrected chi connectivity index (χ0v) is 9.96. The molecule has 5 heteroatoms. The summed E-state index contributed by atoms with van der Waals surface area (Å²) in [6.07, 6.45) is 2.55. The van der Waals surface area contributed by atoms with Crippen molar-refractivity contribution in [3.8, 4) is 0 Å². The quantitative estimate of drug-likeness (QED) is 0.861. The Hall–Kier alpha value is -1.07. The van der Waals surface area contributed by atoms with Crippen molar-refractivity contribution in [3.05, 3.63) is 35.1 Å². The van der Waals surface area contributed by atoms with Crippen LogP contribution in [0.5, 0.6) is 0 Å². The first-order valence-electron chi connectivity index (χ1n) is 5.31. The van der Waals surface area contributed by atoms with Crippen LogP contribution in [0.2, 0.25) is 0 Å². The zero-order chi connectivity index (χ0) is 11.6. The highest BCUT2D eigenvalue weighted by molar-refractivity contribution is 7.94. The van der Waals surface area contributed by atoms with Crippen LogP contribution in [0, 0.1) is 0 Å². The standard InChI is InChI=1S/C11H15NO3S/c1-2-10-3-4-11(15-10)7-12-9-5-6-16(13,14)8-9/h3-6,9,12H,2,7-8H2,1H3. The van der Waals surface area contributed by atoms with Crippen LogP contribution in [0.25, 0.3) is 0 Å². The first-order chi connectivity index (χ1) is 7.59. The Labute approximate surface area is 95.3 Å². The van der Waals surface area contributed by atoms with E-state index in [2.05, 4.69) is 5.32 Å². The summed E-state index contributed by atoms with van der Waals surface area (Å²) in [6, 6.07) is 3.76. The fraction of sp³-hybridized carbons (Fsp3) is 0.455. The lowest BCUT2D eigenvalue weighted by atomic mass is 10.3. The molecule has 2 rings (SSSR count). The van der Waals surface area contributed by atoms with Crippen LogP contribution in [0.1, 0.15) is 18.4 Å². The van der Waals surface area contributed by atoms with E-state index in [9.17, 15) is 8.42 Å². The van der Waals surface area contributed by atoms with Gasteiger partial charge in [-0.05, 0) is 12.1 Å². The highest BCUT2D eigenvalue weighted by Gasteiger charge is 2.21. The molecule has 88 valence electrons. The van der Waals surface area contributed by atoms with Crippen molar-refractivity contribution in [1.29, 1.82) is 0 Å². The second-order valence-electron chi connectivity index (χ2n) is 3.87. The van der Waals surface area contributed by atoms with E-state index in [1.54, 1.807) is 6.08 Å². The third-order valence-electron chi connectivity index (χ3n) is 2.53. The van der Waals surface area contributed by atoms with Gasteiger partial charge in [0.15, 0.2) is 9.84 Å². The Kier molecular flexibility index (Phi) is 3.16. The minimum Gasteiger partial charge on any atom is -0.465 e. The third kappa shape index (κ3) is 2.74. The van der Waals surface area contributed by atoms with Gasteiger partial charge in [-0.2, -0.15) is 0 Å². The molecule has 4 nitrogen and oxygen atoms in total. The first kappa shape index (κ1) is 11.4. The van der Waals surface area contributed by atoms with E-state index in [1.807, 2.05) is 19.1 Å². The summed E-state index contributed by atoms with van der Waals surface area (Å²) in [5, 5.41) is 4.40. The van der Waals surface area contributed by atoms with Gasteiger partial charge in [-0.1, -0.05) is 13.0 Å². The van der Waals surface area contributed by atoms with Gasteiger partial charge < -0.3 is 9.73 Å². The summed E-state index contributed by atoms with van der Waals surface area (Å²) in [5.41, 5.74) is 0. The number of hydrogen-bond donors (Lipinski definition) is 1. The molecule has 0 aromatic carbocycles. The van der Waals surface area contributed by atoms with Gasteiger partial charge in [0.25, 0.3) is 0 Å². The summed E-state index contributed by atoms with van der Waals surface area (Å²) in [4.78, 5) is 0. The number of aryl methyl sites for hydroxylation is 1. The maximum atomic E-state index is 11.2. The molecule has 1 aliphatic heterocycles. The van der Waals surface area contributed by atoms with Crippen LogP contribution >= 0.6 is 0 Å². The molecule has 1 aromatic rings. The molecular formula is C11H15NO3S. The summed E-state index contributed by atoms with van der Waals surface area (Å²) < 4.78 is 27.8. The molecule has 0 saturated carbocycles. The molecule has 1 N–H and O–H groups in total. The second-order valence-corrected chi connectivity index (χ2v) is 5.80. The molecule has 1 atom stereocenters. The first-order valence-corrected chi connectivity index (χ1v) is 7.02. The SMILES string of the molecule is CCc1ccc(CNC2C=CS(=O)(=O)C2)o1. The maximum Gasteiger partial charge on any atom is 0.173 e. The predicted octanol–water partition coefficient (Wildman–Crippen LogP) is 1.24. The molecule has 0 saturated heterocycles. The van der Waals surface area contributed by atoms with Crippen LogP contribution in [0.4, 0.5) is 0 Å². The van der Waals surface area contributed by atoms with Crippen molar-refractivity contribution < 1.29 is 12.8 Å². The van der Waals surface area contributed by atoms with Gasteiger partial charge in [0.2, 0.25) is 0 Å². The predicted molar refractivity (Wildman–Crippen MR) is 61.6 cm³/mol. The van der Waals surface area contributed by atoms with Crippen LogP contribution in [0.3, 0.4) is 0 Å². The Morgan fingerprint density at radius 2 is 2.19 bits per heavy atom. The van der Waals surface area contributed by atoms with Gasteiger partial charge in [0.1, 0.15) is 11.5 Å². The second kappa shape index (κ2) is 4.43. The molecule has 2 heterocycles. The number of furan rings is 1.